The van der Waals surface area contributed by atoms with Crippen LogP contribution in [0.15, 0.2) is 29.1 Å². The third kappa shape index (κ3) is 4.15. The molecule has 1 saturated heterocycles. The summed E-state index contributed by atoms with van der Waals surface area (Å²) in [5.74, 6) is -2.58. The van der Waals surface area contributed by atoms with Gasteiger partial charge in [-0.25, -0.2) is 4.79 Å². The number of alkyl halides is 3. The first-order valence-corrected chi connectivity index (χ1v) is 8.58. The van der Waals surface area contributed by atoms with Crippen LogP contribution in [0.5, 0.6) is 0 Å². The molecule has 2 N–H and O–H groups in total. The third-order valence-electron chi connectivity index (χ3n) is 4.71. The highest BCUT2D eigenvalue weighted by atomic mass is 19.4. The maximum absolute atomic E-state index is 12.4. The number of hydrogen-bond acceptors (Lipinski definition) is 3. The molecular formula is C17H19F3N4O3. The monoisotopic (exact) mass is 384 g/mol. The minimum Gasteiger partial charge on any atom is -0.354 e. The van der Waals surface area contributed by atoms with Gasteiger partial charge in [0, 0.05) is 32.1 Å². The summed E-state index contributed by atoms with van der Waals surface area (Å²) in [5.41, 5.74) is 1.16. The molecule has 1 aliphatic rings. The van der Waals surface area contributed by atoms with Gasteiger partial charge in [0.05, 0.1) is 11.0 Å². The lowest BCUT2D eigenvalue weighted by Gasteiger charge is -2.31. The van der Waals surface area contributed by atoms with E-state index >= 15 is 0 Å². The van der Waals surface area contributed by atoms with E-state index in [0.717, 1.165) is 10.4 Å². The van der Waals surface area contributed by atoms with E-state index in [-0.39, 0.29) is 50.6 Å². The van der Waals surface area contributed by atoms with Crippen molar-refractivity contribution in [1.29, 1.82) is 0 Å². The normalized spacial score (nSPS) is 15.9. The molecule has 1 aromatic carbocycles. The van der Waals surface area contributed by atoms with E-state index in [1.807, 2.05) is 0 Å². The minimum absolute atomic E-state index is 0.0989. The van der Waals surface area contributed by atoms with Gasteiger partial charge in [-0.1, -0.05) is 12.1 Å². The fourth-order valence-corrected chi connectivity index (χ4v) is 3.29. The van der Waals surface area contributed by atoms with E-state index in [0.29, 0.717) is 5.52 Å². The lowest BCUT2D eigenvalue weighted by atomic mass is 9.96. The van der Waals surface area contributed by atoms with Gasteiger partial charge in [0.1, 0.15) is 0 Å². The predicted octanol–water partition coefficient (Wildman–Crippen LogP) is 1.25. The van der Waals surface area contributed by atoms with Crippen LogP contribution in [-0.4, -0.2) is 52.1 Å². The Labute approximate surface area is 152 Å². The number of nitrogens with zero attached hydrogens (tertiary/aromatic N) is 2. The number of rotatable bonds is 4. The summed E-state index contributed by atoms with van der Waals surface area (Å²) in [6.45, 7) is 0.305. The van der Waals surface area contributed by atoms with Gasteiger partial charge < -0.3 is 15.2 Å². The molecule has 1 aromatic heterocycles. The Morgan fingerprint density at radius 1 is 1.19 bits per heavy atom. The van der Waals surface area contributed by atoms with Gasteiger partial charge in [-0.3, -0.25) is 14.2 Å². The SMILES string of the molecule is O=C(NCCn1c(=O)[nH]c2ccccc21)C1CCN(C(=O)C(F)(F)F)CC1. The van der Waals surface area contributed by atoms with Gasteiger partial charge in [0.15, 0.2) is 0 Å². The molecule has 0 unspecified atom stereocenters. The van der Waals surface area contributed by atoms with Gasteiger partial charge in [-0.15, -0.1) is 0 Å². The molecule has 1 aliphatic heterocycles. The maximum atomic E-state index is 12.4. The number of amides is 2. The largest absolute Gasteiger partial charge is 0.471 e. The smallest absolute Gasteiger partial charge is 0.354 e. The molecule has 10 heteroatoms. The fourth-order valence-electron chi connectivity index (χ4n) is 3.29. The molecule has 0 atom stereocenters. The lowest BCUT2D eigenvalue weighted by Crippen LogP contribution is -2.47. The summed E-state index contributed by atoms with van der Waals surface area (Å²) in [6, 6.07) is 7.19. The van der Waals surface area contributed by atoms with E-state index in [9.17, 15) is 27.6 Å². The number of hydrogen-bond donors (Lipinski definition) is 2. The third-order valence-corrected chi connectivity index (χ3v) is 4.71. The summed E-state index contributed by atoms with van der Waals surface area (Å²) >= 11 is 0. The second-order valence-corrected chi connectivity index (χ2v) is 6.45. The first kappa shape index (κ1) is 19.0. The molecule has 1 fully saturated rings. The lowest BCUT2D eigenvalue weighted by molar-refractivity contribution is -0.186. The number of piperidine rings is 1. The Kier molecular flexibility index (Phi) is 5.24. The standard InChI is InChI=1S/C17H19F3N4O3/c18-17(19,20)15(26)23-8-5-11(6-9-23)14(25)21-7-10-24-13-4-2-1-3-12(13)22-16(24)27/h1-4,11H,5-10H2,(H,21,25)(H,22,27). The Bertz CT molecular complexity index is 895. The van der Waals surface area contributed by atoms with Crippen LogP contribution in [0.1, 0.15) is 12.8 Å². The fraction of sp³-hybridized carbons (Fsp3) is 0.471. The average molecular weight is 384 g/mol. The molecular weight excluding hydrogens is 365 g/mol. The number of imidazole rings is 1. The number of aromatic nitrogens is 2. The van der Waals surface area contributed by atoms with Crippen LogP contribution in [0.2, 0.25) is 0 Å². The Balaban J connectivity index is 1.50. The Morgan fingerprint density at radius 2 is 1.85 bits per heavy atom. The van der Waals surface area contributed by atoms with Gasteiger partial charge in [-0.2, -0.15) is 13.2 Å². The number of benzene rings is 1. The van der Waals surface area contributed by atoms with Crippen LogP contribution in [-0.2, 0) is 16.1 Å². The van der Waals surface area contributed by atoms with Crippen LogP contribution < -0.4 is 11.0 Å². The zero-order chi connectivity index (χ0) is 19.6. The van der Waals surface area contributed by atoms with Crippen LogP contribution >= 0.6 is 0 Å². The predicted molar refractivity (Wildman–Crippen MR) is 90.9 cm³/mol. The first-order valence-electron chi connectivity index (χ1n) is 8.58. The van der Waals surface area contributed by atoms with E-state index in [4.69, 9.17) is 0 Å². The molecule has 0 bridgehead atoms. The van der Waals surface area contributed by atoms with Crippen molar-refractivity contribution in [2.45, 2.75) is 25.6 Å². The number of nitrogens with one attached hydrogen (secondary N) is 2. The van der Waals surface area contributed by atoms with Crippen LogP contribution in [0, 0.1) is 5.92 Å². The van der Waals surface area contributed by atoms with Crippen LogP contribution in [0.3, 0.4) is 0 Å². The van der Waals surface area contributed by atoms with Crippen molar-refractivity contribution in [2.75, 3.05) is 19.6 Å². The number of likely N-dealkylation sites (tertiary alicyclic amines) is 1. The molecule has 2 aromatic rings. The quantitative estimate of drug-likeness (QED) is 0.832. The molecule has 2 amide bonds. The summed E-state index contributed by atoms with van der Waals surface area (Å²) in [5, 5.41) is 2.72. The van der Waals surface area contributed by atoms with E-state index in [2.05, 4.69) is 10.3 Å². The molecule has 2 heterocycles. The summed E-state index contributed by atoms with van der Waals surface area (Å²) in [4.78, 5) is 38.8. The second kappa shape index (κ2) is 7.45. The van der Waals surface area contributed by atoms with Gasteiger partial charge >= 0.3 is 17.8 Å². The topological polar surface area (TPSA) is 87.2 Å². The second-order valence-electron chi connectivity index (χ2n) is 6.45. The molecule has 0 aliphatic carbocycles. The van der Waals surface area contributed by atoms with Gasteiger partial charge in [0.2, 0.25) is 5.91 Å². The summed E-state index contributed by atoms with van der Waals surface area (Å²) < 4.78 is 38.8. The zero-order valence-corrected chi connectivity index (χ0v) is 14.4. The maximum Gasteiger partial charge on any atom is 0.471 e. The number of carbonyl (C=O) groups excluding carboxylic acids is 2. The molecule has 0 radical (unpaired) electrons. The van der Waals surface area contributed by atoms with Gasteiger partial charge in [0.25, 0.3) is 0 Å². The van der Waals surface area contributed by atoms with E-state index in [1.54, 1.807) is 24.3 Å². The summed E-state index contributed by atoms with van der Waals surface area (Å²) in [6.07, 6.45) is -4.52. The molecule has 27 heavy (non-hydrogen) atoms. The number of H-pyrrole nitrogens is 1. The highest BCUT2D eigenvalue weighted by Crippen LogP contribution is 2.23. The number of carbonyl (C=O) groups is 2. The van der Waals surface area contributed by atoms with Crippen molar-refractivity contribution in [3.05, 3.63) is 34.7 Å². The van der Waals surface area contributed by atoms with Crippen molar-refractivity contribution in [1.82, 2.24) is 19.8 Å². The average Bonchev–Trinajstić information content (AvgIpc) is 2.96. The molecule has 3 rings (SSSR count). The number of para-hydroxylation sites is 2. The number of aromatic amines is 1. The molecule has 146 valence electrons. The number of fused-ring (bicyclic) bond motifs is 1. The molecule has 0 spiro atoms. The van der Waals surface area contributed by atoms with E-state index < -0.39 is 18.0 Å². The molecule has 7 nitrogen and oxygen atoms in total. The zero-order valence-electron chi connectivity index (χ0n) is 14.4. The van der Waals surface area contributed by atoms with Crippen molar-refractivity contribution >= 4 is 22.8 Å². The van der Waals surface area contributed by atoms with Gasteiger partial charge in [-0.05, 0) is 25.0 Å². The Morgan fingerprint density at radius 3 is 2.52 bits per heavy atom. The summed E-state index contributed by atoms with van der Waals surface area (Å²) in [7, 11) is 0. The Hall–Kier alpha value is -2.78. The van der Waals surface area contributed by atoms with Crippen LogP contribution in [0.25, 0.3) is 11.0 Å². The van der Waals surface area contributed by atoms with Crippen molar-refractivity contribution < 1.29 is 22.8 Å². The highest BCUT2D eigenvalue weighted by molar-refractivity contribution is 5.83. The number of halogens is 3. The minimum atomic E-state index is -4.89. The molecule has 0 saturated carbocycles. The first-order chi connectivity index (χ1) is 12.8. The highest BCUT2D eigenvalue weighted by Gasteiger charge is 2.43. The van der Waals surface area contributed by atoms with E-state index in [1.165, 1.54) is 4.57 Å². The van der Waals surface area contributed by atoms with Crippen LogP contribution in [0.4, 0.5) is 13.2 Å². The van der Waals surface area contributed by atoms with Crippen molar-refractivity contribution in [3.63, 3.8) is 0 Å². The van der Waals surface area contributed by atoms with Crippen molar-refractivity contribution in [3.8, 4) is 0 Å². The van der Waals surface area contributed by atoms with Crippen molar-refractivity contribution in [2.24, 2.45) is 5.92 Å².